The normalized spacial score (nSPS) is 19.8. The summed E-state index contributed by atoms with van der Waals surface area (Å²) < 4.78 is 50.3. The molecule has 2 aromatic carbocycles. The van der Waals surface area contributed by atoms with Crippen LogP contribution in [0, 0.1) is 11.6 Å². The number of nitrogens with one attached hydrogen (secondary N) is 1. The number of pyridine rings is 1. The second-order valence-corrected chi connectivity index (χ2v) is 12.6. The Kier molecular flexibility index (Phi) is 7.01. The summed E-state index contributed by atoms with van der Waals surface area (Å²) in [6.45, 7) is 5.30. The van der Waals surface area contributed by atoms with Crippen LogP contribution in [0.25, 0.3) is 32.9 Å². The predicted octanol–water partition coefficient (Wildman–Crippen LogP) is 4.80. The zero-order chi connectivity index (χ0) is 30.7. The van der Waals surface area contributed by atoms with Crippen LogP contribution in [0.5, 0.6) is 23.4 Å². The van der Waals surface area contributed by atoms with Gasteiger partial charge in [0.1, 0.15) is 34.8 Å². The lowest BCUT2D eigenvalue weighted by Crippen LogP contribution is -2.44. The van der Waals surface area contributed by atoms with Crippen LogP contribution >= 0.6 is 0 Å². The zero-order valence-electron chi connectivity index (χ0n) is 25.2. The minimum absolute atomic E-state index is 0.00965. The molecule has 5 heterocycles. The number of benzene rings is 2. The van der Waals surface area contributed by atoms with Gasteiger partial charge in [0.2, 0.25) is 5.88 Å². The van der Waals surface area contributed by atoms with Crippen molar-refractivity contribution < 1.29 is 28.1 Å². The van der Waals surface area contributed by atoms with Crippen LogP contribution in [0.2, 0.25) is 0 Å². The summed E-state index contributed by atoms with van der Waals surface area (Å²) in [4.78, 5) is 18.6. The van der Waals surface area contributed by atoms with Gasteiger partial charge in [-0.3, -0.25) is 4.90 Å². The molecule has 4 aromatic rings. The SMILES string of the molecule is COc1nc(-c2cc(O)cc3ccc(F)c(OC4CC4)c23)c(F)c2nc(OCC34CCCN3CCC4)nc(N3CCNCC3)c12. The molecule has 8 rings (SSSR count). The number of ether oxygens (including phenoxy) is 3. The van der Waals surface area contributed by atoms with E-state index < -0.39 is 11.6 Å². The number of aromatic nitrogens is 3. The smallest absolute Gasteiger partial charge is 0.319 e. The van der Waals surface area contributed by atoms with Crippen molar-refractivity contribution >= 4 is 27.5 Å². The minimum Gasteiger partial charge on any atom is -0.508 e. The molecule has 2 aromatic heterocycles. The fourth-order valence-electron chi connectivity index (χ4n) is 7.31. The maximum absolute atomic E-state index is 17.0. The molecular weight excluding hydrogens is 582 g/mol. The third-order valence-corrected chi connectivity index (χ3v) is 9.67. The number of anilines is 1. The molecule has 4 aliphatic rings. The molecule has 2 N–H and O–H groups in total. The quantitative estimate of drug-likeness (QED) is 0.286. The Balaban J connectivity index is 1.32. The number of rotatable bonds is 8. The van der Waals surface area contributed by atoms with Crippen LogP contribution in [-0.2, 0) is 0 Å². The summed E-state index contributed by atoms with van der Waals surface area (Å²) in [6.07, 6.45) is 5.86. The first-order valence-electron chi connectivity index (χ1n) is 15.8. The Morgan fingerprint density at radius 2 is 1.78 bits per heavy atom. The van der Waals surface area contributed by atoms with E-state index in [4.69, 9.17) is 19.2 Å². The molecule has 10 nitrogen and oxygen atoms in total. The minimum atomic E-state index is -0.746. The van der Waals surface area contributed by atoms with Crippen molar-refractivity contribution in [1.29, 1.82) is 0 Å². The summed E-state index contributed by atoms with van der Waals surface area (Å²) in [7, 11) is 1.46. The van der Waals surface area contributed by atoms with Gasteiger partial charge < -0.3 is 29.5 Å². The largest absolute Gasteiger partial charge is 0.508 e. The average Bonchev–Trinajstić information content (AvgIpc) is 3.65. The van der Waals surface area contributed by atoms with Crippen molar-refractivity contribution in [2.45, 2.75) is 50.2 Å². The van der Waals surface area contributed by atoms with Gasteiger partial charge in [-0.1, -0.05) is 6.07 Å². The average molecular weight is 619 g/mol. The molecule has 236 valence electrons. The highest BCUT2D eigenvalue weighted by atomic mass is 19.1. The maximum atomic E-state index is 17.0. The van der Waals surface area contributed by atoms with Crippen LogP contribution in [-0.4, -0.2) is 89.6 Å². The number of halogens is 2. The highest BCUT2D eigenvalue weighted by molar-refractivity contribution is 6.04. The van der Waals surface area contributed by atoms with Gasteiger partial charge in [-0.05, 0) is 75.2 Å². The molecule has 45 heavy (non-hydrogen) atoms. The summed E-state index contributed by atoms with van der Waals surface area (Å²) in [6, 6.07) is 5.79. The number of hydrogen-bond donors (Lipinski definition) is 2. The molecule has 0 unspecified atom stereocenters. The first kappa shape index (κ1) is 28.4. The molecule has 3 aliphatic heterocycles. The molecule has 3 saturated heterocycles. The van der Waals surface area contributed by atoms with Crippen molar-refractivity contribution in [3.8, 4) is 34.6 Å². The number of aromatic hydroxyl groups is 1. The Hall–Kier alpha value is -4.03. The van der Waals surface area contributed by atoms with Crippen LogP contribution in [0.3, 0.4) is 0 Å². The number of piperazine rings is 1. The Morgan fingerprint density at radius 3 is 2.51 bits per heavy atom. The zero-order valence-corrected chi connectivity index (χ0v) is 25.2. The van der Waals surface area contributed by atoms with Gasteiger partial charge >= 0.3 is 6.01 Å². The van der Waals surface area contributed by atoms with Crippen molar-refractivity contribution in [2.75, 3.05) is 57.9 Å². The molecule has 1 aliphatic carbocycles. The second-order valence-electron chi connectivity index (χ2n) is 12.6. The van der Waals surface area contributed by atoms with Crippen LogP contribution in [0.1, 0.15) is 38.5 Å². The molecule has 0 spiro atoms. The Bertz CT molecular complexity index is 1790. The van der Waals surface area contributed by atoms with E-state index in [-0.39, 0.29) is 51.8 Å². The van der Waals surface area contributed by atoms with Gasteiger partial charge in [0, 0.05) is 37.1 Å². The van der Waals surface area contributed by atoms with Crippen molar-refractivity contribution in [1.82, 2.24) is 25.2 Å². The van der Waals surface area contributed by atoms with Crippen LogP contribution in [0.4, 0.5) is 14.6 Å². The molecule has 12 heteroatoms. The van der Waals surface area contributed by atoms with Crippen molar-refractivity contribution in [3.63, 3.8) is 0 Å². The van der Waals surface area contributed by atoms with Crippen molar-refractivity contribution in [3.05, 3.63) is 35.9 Å². The Morgan fingerprint density at radius 1 is 1.00 bits per heavy atom. The van der Waals surface area contributed by atoms with Gasteiger partial charge in [0.15, 0.2) is 17.4 Å². The molecular formula is C33H36F2N6O4. The van der Waals surface area contributed by atoms with E-state index in [0.29, 0.717) is 41.7 Å². The lowest BCUT2D eigenvalue weighted by molar-refractivity contribution is 0.108. The molecule has 0 atom stereocenters. The lowest BCUT2D eigenvalue weighted by atomic mass is 9.95. The van der Waals surface area contributed by atoms with Crippen LogP contribution < -0.4 is 24.4 Å². The topological polar surface area (TPSA) is 105 Å². The highest BCUT2D eigenvalue weighted by Crippen LogP contribution is 2.45. The number of hydrogen-bond acceptors (Lipinski definition) is 10. The third-order valence-electron chi connectivity index (χ3n) is 9.67. The summed E-state index contributed by atoms with van der Waals surface area (Å²) in [5.74, 6) is -0.814. The van der Waals surface area contributed by atoms with E-state index >= 15 is 8.78 Å². The number of phenolic OH excluding ortho intramolecular Hbond substituents is 1. The van der Waals surface area contributed by atoms with Crippen molar-refractivity contribution in [2.24, 2.45) is 0 Å². The Labute approximate surface area is 259 Å². The van der Waals surface area contributed by atoms with Gasteiger partial charge in [0.25, 0.3) is 0 Å². The van der Waals surface area contributed by atoms with Gasteiger partial charge in [-0.25, -0.2) is 13.8 Å². The molecule has 0 amide bonds. The fraction of sp³-hybridized carbons (Fsp3) is 0.485. The summed E-state index contributed by atoms with van der Waals surface area (Å²) in [5.41, 5.74) is -0.0247. The fourth-order valence-corrected chi connectivity index (χ4v) is 7.31. The maximum Gasteiger partial charge on any atom is 0.319 e. The van der Waals surface area contributed by atoms with E-state index in [1.54, 1.807) is 0 Å². The van der Waals surface area contributed by atoms with E-state index in [2.05, 4.69) is 25.1 Å². The van der Waals surface area contributed by atoms with E-state index in [1.807, 2.05) is 0 Å². The predicted molar refractivity (Wildman–Crippen MR) is 165 cm³/mol. The van der Waals surface area contributed by atoms with Crippen LogP contribution in [0.15, 0.2) is 24.3 Å². The number of fused-ring (bicyclic) bond motifs is 3. The first-order valence-corrected chi connectivity index (χ1v) is 15.8. The van der Waals surface area contributed by atoms with Gasteiger partial charge in [-0.15, -0.1) is 0 Å². The van der Waals surface area contributed by atoms with E-state index in [9.17, 15) is 5.11 Å². The van der Waals surface area contributed by atoms with E-state index in [1.165, 1.54) is 31.4 Å². The second kappa shape index (κ2) is 11.1. The number of methoxy groups -OCH3 is 1. The summed E-state index contributed by atoms with van der Waals surface area (Å²) >= 11 is 0. The highest BCUT2D eigenvalue weighted by Gasteiger charge is 2.45. The molecule has 4 fully saturated rings. The third kappa shape index (κ3) is 4.94. The lowest BCUT2D eigenvalue weighted by Gasteiger charge is -2.32. The monoisotopic (exact) mass is 618 g/mol. The first-order chi connectivity index (χ1) is 21.9. The van der Waals surface area contributed by atoms with Gasteiger partial charge in [-0.2, -0.15) is 9.97 Å². The summed E-state index contributed by atoms with van der Waals surface area (Å²) in [5, 5.41) is 15.2. The number of phenols is 1. The molecule has 0 radical (unpaired) electrons. The molecule has 1 saturated carbocycles. The number of nitrogens with zero attached hydrogens (tertiary/aromatic N) is 5. The standard InChI is InChI=1S/C33H36F2N6O4/c1-43-31-25-28(26(35)27(37-31)22-17-20(42)16-19-4-7-23(34)29(24(19)22)45-21-5-6-21)38-32(39-30(25)40-14-10-36-11-15-40)44-18-33-8-2-12-41(33)13-3-9-33/h4,7,16-17,21,36,42H,2-3,5-6,8-15,18H2,1H3. The van der Waals surface area contributed by atoms with Gasteiger partial charge in [0.05, 0.1) is 18.8 Å². The molecule has 0 bridgehead atoms. The van der Waals surface area contributed by atoms with E-state index in [0.717, 1.165) is 64.7 Å².